The molecule has 0 heterocycles. The van der Waals surface area contributed by atoms with Crippen LogP contribution in [0.1, 0.15) is 29.8 Å². The molecule has 0 saturated carbocycles. The normalized spacial score (nSPS) is 10.4. The van der Waals surface area contributed by atoms with E-state index in [0.29, 0.717) is 17.9 Å². The third-order valence-electron chi connectivity index (χ3n) is 3.37. The second-order valence-corrected chi connectivity index (χ2v) is 5.85. The quantitative estimate of drug-likeness (QED) is 0.750. The Morgan fingerprint density at radius 1 is 1.00 bits per heavy atom. The van der Waals surface area contributed by atoms with Gasteiger partial charge in [0.25, 0.3) is 5.91 Å². The van der Waals surface area contributed by atoms with Gasteiger partial charge in [0.1, 0.15) is 5.75 Å². The lowest BCUT2D eigenvalue weighted by Gasteiger charge is -2.10. The van der Waals surface area contributed by atoms with Gasteiger partial charge in [-0.3, -0.25) is 4.79 Å². The molecule has 0 spiro atoms. The number of amides is 1. The highest BCUT2D eigenvalue weighted by Gasteiger charge is 2.10. The molecule has 0 aromatic heterocycles. The van der Waals surface area contributed by atoms with Crippen molar-refractivity contribution in [1.82, 2.24) is 5.32 Å². The third-order valence-corrected chi connectivity index (χ3v) is 3.37. The van der Waals surface area contributed by atoms with Crippen LogP contribution in [0.3, 0.4) is 0 Å². The SMILES string of the molecule is CC(C)Oc1ccc(C(=O)OCC(=O)NCCc2ccccc2)cc1. The van der Waals surface area contributed by atoms with Crippen LogP contribution < -0.4 is 10.1 Å². The first-order valence-electron chi connectivity index (χ1n) is 8.29. The minimum Gasteiger partial charge on any atom is -0.491 e. The van der Waals surface area contributed by atoms with Gasteiger partial charge in [-0.05, 0) is 50.1 Å². The number of carbonyl (C=O) groups is 2. The number of benzene rings is 2. The van der Waals surface area contributed by atoms with Crippen LogP contribution >= 0.6 is 0 Å². The number of esters is 1. The molecule has 5 nitrogen and oxygen atoms in total. The molecule has 1 N–H and O–H groups in total. The van der Waals surface area contributed by atoms with Crippen LogP contribution in [-0.4, -0.2) is 31.1 Å². The first-order chi connectivity index (χ1) is 12.0. The Morgan fingerprint density at radius 2 is 1.68 bits per heavy atom. The average molecular weight is 341 g/mol. The van der Waals surface area contributed by atoms with Crippen LogP contribution in [0.25, 0.3) is 0 Å². The first kappa shape index (κ1) is 18.5. The van der Waals surface area contributed by atoms with Crippen LogP contribution in [0, 0.1) is 0 Å². The molecular formula is C20H23NO4. The summed E-state index contributed by atoms with van der Waals surface area (Å²) >= 11 is 0. The summed E-state index contributed by atoms with van der Waals surface area (Å²) in [6, 6.07) is 16.5. The van der Waals surface area contributed by atoms with Crippen LogP contribution in [-0.2, 0) is 16.0 Å². The zero-order chi connectivity index (χ0) is 18.1. The van der Waals surface area contributed by atoms with Crippen molar-refractivity contribution in [1.29, 1.82) is 0 Å². The molecule has 2 aromatic rings. The van der Waals surface area contributed by atoms with E-state index < -0.39 is 5.97 Å². The molecule has 132 valence electrons. The van der Waals surface area contributed by atoms with E-state index in [9.17, 15) is 9.59 Å². The Bertz CT molecular complexity index is 681. The molecule has 0 atom stereocenters. The van der Waals surface area contributed by atoms with Gasteiger partial charge >= 0.3 is 5.97 Å². The van der Waals surface area contributed by atoms with E-state index in [0.717, 1.165) is 12.0 Å². The average Bonchev–Trinajstić information content (AvgIpc) is 2.61. The van der Waals surface area contributed by atoms with E-state index >= 15 is 0 Å². The summed E-state index contributed by atoms with van der Waals surface area (Å²) in [5, 5.41) is 2.73. The number of hydrogen-bond donors (Lipinski definition) is 1. The Kier molecular flexibility index (Phi) is 7.01. The number of ether oxygens (including phenoxy) is 2. The largest absolute Gasteiger partial charge is 0.491 e. The zero-order valence-corrected chi connectivity index (χ0v) is 14.5. The van der Waals surface area contributed by atoms with Gasteiger partial charge in [0.05, 0.1) is 11.7 Å². The van der Waals surface area contributed by atoms with Gasteiger partial charge in [0.15, 0.2) is 6.61 Å². The van der Waals surface area contributed by atoms with E-state index in [1.165, 1.54) is 0 Å². The summed E-state index contributed by atoms with van der Waals surface area (Å²) in [5.41, 5.74) is 1.52. The molecule has 0 saturated heterocycles. The third kappa shape index (κ3) is 6.67. The Morgan fingerprint density at radius 3 is 2.32 bits per heavy atom. The van der Waals surface area contributed by atoms with Gasteiger partial charge in [-0.1, -0.05) is 30.3 Å². The molecule has 0 aliphatic rings. The maximum Gasteiger partial charge on any atom is 0.338 e. The second-order valence-electron chi connectivity index (χ2n) is 5.85. The van der Waals surface area contributed by atoms with E-state index in [1.54, 1.807) is 24.3 Å². The summed E-state index contributed by atoms with van der Waals surface area (Å²) < 4.78 is 10.5. The molecule has 2 aromatic carbocycles. The van der Waals surface area contributed by atoms with E-state index in [-0.39, 0.29) is 18.6 Å². The molecule has 25 heavy (non-hydrogen) atoms. The first-order valence-corrected chi connectivity index (χ1v) is 8.29. The van der Waals surface area contributed by atoms with Gasteiger partial charge in [0.2, 0.25) is 0 Å². The Hall–Kier alpha value is -2.82. The predicted molar refractivity (Wildman–Crippen MR) is 95.6 cm³/mol. The highest BCUT2D eigenvalue weighted by molar-refractivity contribution is 5.91. The van der Waals surface area contributed by atoms with Gasteiger partial charge in [-0.15, -0.1) is 0 Å². The summed E-state index contributed by atoms with van der Waals surface area (Å²) in [6.07, 6.45) is 0.801. The van der Waals surface area contributed by atoms with Crippen molar-refractivity contribution in [2.24, 2.45) is 0 Å². The monoisotopic (exact) mass is 341 g/mol. The molecule has 5 heteroatoms. The molecule has 1 amide bonds. The lowest BCUT2D eigenvalue weighted by molar-refractivity contribution is -0.124. The molecule has 0 fully saturated rings. The number of hydrogen-bond acceptors (Lipinski definition) is 4. The number of carbonyl (C=O) groups excluding carboxylic acids is 2. The topological polar surface area (TPSA) is 64.6 Å². The number of rotatable bonds is 8. The molecule has 0 radical (unpaired) electrons. The Labute approximate surface area is 148 Å². The maximum atomic E-state index is 11.9. The standard InChI is InChI=1S/C20H23NO4/c1-15(2)25-18-10-8-17(9-11-18)20(23)24-14-19(22)21-13-12-16-6-4-3-5-7-16/h3-11,15H,12-14H2,1-2H3,(H,21,22). The molecule has 0 bridgehead atoms. The molecular weight excluding hydrogens is 318 g/mol. The predicted octanol–water partition coefficient (Wildman–Crippen LogP) is 2.99. The van der Waals surface area contributed by atoms with E-state index in [2.05, 4.69) is 5.32 Å². The molecule has 0 aliphatic heterocycles. The van der Waals surface area contributed by atoms with Gasteiger partial charge < -0.3 is 14.8 Å². The fourth-order valence-electron chi connectivity index (χ4n) is 2.20. The van der Waals surface area contributed by atoms with Gasteiger partial charge in [0, 0.05) is 6.54 Å². The minimum absolute atomic E-state index is 0.0670. The van der Waals surface area contributed by atoms with E-state index in [4.69, 9.17) is 9.47 Å². The summed E-state index contributed by atoms with van der Waals surface area (Å²) in [5.74, 6) is -0.163. The van der Waals surface area contributed by atoms with Gasteiger partial charge in [-0.25, -0.2) is 4.79 Å². The lowest BCUT2D eigenvalue weighted by atomic mass is 10.1. The fourth-order valence-corrected chi connectivity index (χ4v) is 2.20. The highest BCUT2D eigenvalue weighted by atomic mass is 16.5. The molecule has 2 rings (SSSR count). The van der Waals surface area contributed by atoms with E-state index in [1.807, 2.05) is 44.2 Å². The number of nitrogens with one attached hydrogen (secondary N) is 1. The van der Waals surface area contributed by atoms with Crippen molar-refractivity contribution in [3.63, 3.8) is 0 Å². The van der Waals surface area contributed by atoms with Crippen molar-refractivity contribution in [3.8, 4) is 5.75 Å². The summed E-state index contributed by atoms with van der Waals surface area (Å²) in [7, 11) is 0. The van der Waals surface area contributed by atoms with Crippen molar-refractivity contribution in [3.05, 3.63) is 65.7 Å². The molecule has 0 aliphatic carbocycles. The highest BCUT2D eigenvalue weighted by Crippen LogP contribution is 2.14. The van der Waals surface area contributed by atoms with Crippen LogP contribution in [0.5, 0.6) is 5.75 Å². The van der Waals surface area contributed by atoms with Crippen molar-refractivity contribution in [2.75, 3.05) is 13.2 Å². The van der Waals surface area contributed by atoms with Crippen LogP contribution in [0.4, 0.5) is 0 Å². The summed E-state index contributed by atoms with van der Waals surface area (Å²) in [6.45, 7) is 4.07. The maximum absolute atomic E-state index is 11.9. The summed E-state index contributed by atoms with van der Waals surface area (Å²) in [4.78, 5) is 23.7. The Balaban J connectivity index is 1.70. The zero-order valence-electron chi connectivity index (χ0n) is 14.5. The smallest absolute Gasteiger partial charge is 0.338 e. The van der Waals surface area contributed by atoms with Crippen molar-refractivity contribution >= 4 is 11.9 Å². The second kappa shape index (κ2) is 9.47. The fraction of sp³-hybridized carbons (Fsp3) is 0.300. The van der Waals surface area contributed by atoms with Crippen LogP contribution in [0.15, 0.2) is 54.6 Å². The molecule has 0 unspecified atom stereocenters. The van der Waals surface area contributed by atoms with Gasteiger partial charge in [-0.2, -0.15) is 0 Å². The lowest BCUT2D eigenvalue weighted by Crippen LogP contribution is -2.30. The minimum atomic E-state index is -0.533. The van der Waals surface area contributed by atoms with Crippen molar-refractivity contribution < 1.29 is 19.1 Å². The van der Waals surface area contributed by atoms with Crippen molar-refractivity contribution in [2.45, 2.75) is 26.4 Å². The van der Waals surface area contributed by atoms with Crippen LogP contribution in [0.2, 0.25) is 0 Å².